The van der Waals surface area contributed by atoms with Crippen LogP contribution in [0.3, 0.4) is 0 Å². The Bertz CT molecular complexity index is 425. The van der Waals surface area contributed by atoms with Gasteiger partial charge in [0.15, 0.2) is 6.61 Å². The summed E-state index contributed by atoms with van der Waals surface area (Å²) in [4.78, 5) is 13.6. The van der Waals surface area contributed by atoms with Crippen LogP contribution in [0.25, 0.3) is 0 Å². The van der Waals surface area contributed by atoms with E-state index in [-0.39, 0.29) is 12.5 Å². The van der Waals surface area contributed by atoms with Gasteiger partial charge in [-0.05, 0) is 56.4 Å². The zero-order valence-electron chi connectivity index (χ0n) is 11.2. The van der Waals surface area contributed by atoms with E-state index >= 15 is 0 Å². The first-order chi connectivity index (χ1) is 8.74. The second-order valence-corrected chi connectivity index (χ2v) is 4.64. The number of likely N-dealkylation sites (N-methyl/N-ethyl adjacent to an activating group) is 1. The fourth-order valence-corrected chi connectivity index (χ4v) is 2.45. The van der Waals surface area contributed by atoms with Crippen LogP contribution >= 0.6 is 0 Å². The maximum absolute atomic E-state index is 11.8. The molecule has 0 saturated carbocycles. The van der Waals surface area contributed by atoms with Crippen LogP contribution in [0.2, 0.25) is 0 Å². The Morgan fingerprint density at radius 1 is 1.22 bits per heavy atom. The third-order valence-electron chi connectivity index (χ3n) is 3.55. The average Bonchev–Trinajstić information content (AvgIpc) is 2.85. The number of ether oxygens (including phenoxy) is 1. The van der Waals surface area contributed by atoms with Crippen molar-refractivity contribution in [3.63, 3.8) is 0 Å². The van der Waals surface area contributed by atoms with E-state index in [9.17, 15) is 4.79 Å². The lowest BCUT2D eigenvalue weighted by Crippen LogP contribution is -2.34. The van der Waals surface area contributed by atoms with Crippen LogP contribution in [0.15, 0.2) is 18.2 Å². The van der Waals surface area contributed by atoms with Crippen LogP contribution in [-0.4, -0.2) is 30.5 Å². The number of benzene rings is 1. The van der Waals surface area contributed by atoms with Crippen LogP contribution in [0, 0.1) is 0 Å². The normalized spacial score (nSPS) is 13.2. The topological polar surface area (TPSA) is 29.5 Å². The highest BCUT2D eigenvalue weighted by Crippen LogP contribution is 2.25. The highest BCUT2D eigenvalue weighted by atomic mass is 16.5. The number of fused-ring (bicyclic) bond motifs is 1. The minimum absolute atomic E-state index is 0.0560. The molecule has 0 unspecified atom stereocenters. The molecular weight excluding hydrogens is 226 g/mol. The van der Waals surface area contributed by atoms with Gasteiger partial charge in [0.25, 0.3) is 5.91 Å². The predicted octanol–water partition coefficient (Wildman–Crippen LogP) is 2.42. The Balaban J connectivity index is 1.92. The highest BCUT2D eigenvalue weighted by molar-refractivity contribution is 5.77. The molecule has 2 rings (SSSR count). The lowest BCUT2D eigenvalue weighted by molar-refractivity contribution is -0.132. The molecule has 1 aliphatic carbocycles. The zero-order valence-corrected chi connectivity index (χ0v) is 11.2. The van der Waals surface area contributed by atoms with Crippen LogP contribution in [0.5, 0.6) is 5.75 Å². The first-order valence-electron chi connectivity index (χ1n) is 6.77. The predicted molar refractivity (Wildman–Crippen MR) is 71.9 cm³/mol. The summed E-state index contributed by atoms with van der Waals surface area (Å²) in [5, 5.41) is 0. The molecule has 0 fully saturated rings. The van der Waals surface area contributed by atoms with Crippen molar-refractivity contribution in [1.82, 2.24) is 4.90 Å². The zero-order chi connectivity index (χ0) is 13.0. The van der Waals surface area contributed by atoms with Crippen molar-refractivity contribution in [3.05, 3.63) is 29.3 Å². The third kappa shape index (κ3) is 2.84. The second kappa shape index (κ2) is 5.89. The molecule has 0 spiro atoms. The van der Waals surface area contributed by atoms with Gasteiger partial charge in [-0.2, -0.15) is 0 Å². The Hall–Kier alpha value is -1.51. The molecule has 3 nitrogen and oxygen atoms in total. The van der Waals surface area contributed by atoms with Crippen molar-refractivity contribution >= 4 is 5.91 Å². The first-order valence-corrected chi connectivity index (χ1v) is 6.77. The van der Waals surface area contributed by atoms with Gasteiger partial charge in [0.05, 0.1) is 0 Å². The molecule has 0 heterocycles. The molecular formula is C15H21NO2. The number of carbonyl (C=O) groups is 1. The monoisotopic (exact) mass is 247 g/mol. The summed E-state index contributed by atoms with van der Waals surface area (Å²) in [7, 11) is 0. The van der Waals surface area contributed by atoms with Gasteiger partial charge < -0.3 is 9.64 Å². The molecule has 98 valence electrons. The minimum Gasteiger partial charge on any atom is -0.484 e. The van der Waals surface area contributed by atoms with Crippen molar-refractivity contribution in [3.8, 4) is 5.75 Å². The molecule has 0 bridgehead atoms. The Morgan fingerprint density at radius 2 is 1.94 bits per heavy atom. The second-order valence-electron chi connectivity index (χ2n) is 4.64. The molecule has 3 heteroatoms. The van der Waals surface area contributed by atoms with Gasteiger partial charge in [-0.3, -0.25) is 4.79 Å². The van der Waals surface area contributed by atoms with Crippen LogP contribution < -0.4 is 4.74 Å². The summed E-state index contributed by atoms with van der Waals surface area (Å²) in [6.07, 6.45) is 3.54. The number of carbonyl (C=O) groups excluding carboxylic acids is 1. The third-order valence-corrected chi connectivity index (χ3v) is 3.55. The fourth-order valence-electron chi connectivity index (χ4n) is 2.45. The van der Waals surface area contributed by atoms with Gasteiger partial charge in [-0.25, -0.2) is 0 Å². The summed E-state index contributed by atoms with van der Waals surface area (Å²) in [6, 6.07) is 6.18. The summed E-state index contributed by atoms with van der Waals surface area (Å²) in [6.45, 7) is 5.58. The van der Waals surface area contributed by atoms with Gasteiger partial charge >= 0.3 is 0 Å². The van der Waals surface area contributed by atoms with Crippen molar-refractivity contribution in [2.24, 2.45) is 0 Å². The maximum Gasteiger partial charge on any atom is 0.260 e. The number of hydrogen-bond acceptors (Lipinski definition) is 2. The van der Waals surface area contributed by atoms with Gasteiger partial charge in [-0.15, -0.1) is 0 Å². The van der Waals surface area contributed by atoms with E-state index in [0.717, 1.165) is 25.3 Å². The van der Waals surface area contributed by atoms with Crippen molar-refractivity contribution in [2.45, 2.75) is 33.1 Å². The van der Waals surface area contributed by atoms with E-state index in [1.807, 2.05) is 19.9 Å². The van der Waals surface area contributed by atoms with E-state index < -0.39 is 0 Å². The molecule has 0 saturated heterocycles. The number of nitrogens with zero attached hydrogens (tertiary/aromatic N) is 1. The van der Waals surface area contributed by atoms with E-state index in [2.05, 4.69) is 12.1 Å². The minimum atomic E-state index is 0.0560. The summed E-state index contributed by atoms with van der Waals surface area (Å²) in [5.41, 5.74) is 2.81. The van der Waals surface area contributed by atoms with Crippen molar-refractivity contribution in [2.75, 3.05) is 19.7 Å². The molecule has 1 aromatic rings. The van der Waals surface area contributed by atoms with E-state index in [0.29, 0.717) is 0 Å². The van der Waals surface area contributed by atoms with Crippen molar-refractivity contribution < 1.29 is 9.53 Å². The molecule has 0 aliphatic heterocycles. The van der Waals surface area contributed by atoms with E-state index in [1.54, 1.807) is 4.90 Å². The lowest BCUT2D eigenvalue weighted by Gasteiger charge is -2.18. The highest BCUT2D eigenvalue weighted by Gasteiger charge is 2.13. The smallest absolute Gasteiger partial charge is 0.260 e. The molecule has 0 N–H and O–H groups in total. The first kappa shape index (κ1) is 12.9. The van der Waals surface area contributed by atoms with Crippen LogP contribution in [0.1, 0.15) is 31.4 Å². The lowest BCUT2D eigenvalue weighted by atomic mass is 10.1. The summed E-state index contributed by atoms with van der Waals surface area (Å²) >= 11 is 0. The van der Waals surface area contributed by atoms with Crippen molar-refractivity contribution in [1.29, 1.82) is 0 Å². The van der Waals surface area contributed by atoms with Gasteiger partial charge in [0.1, 0.15) is 5.75 Å². The summed E-state index contributed by atoms with van der Waals surface area (Å²) in [5.74, 6) is 0.872. The average molecular weight is 247 g/mol. The Kier molecular flexibility index (Phi) is 4.24. The molecule has 1 amide bonds. The molecule has 0 radical (unpaired) electrons. The quantitative estimate of drug-likeness (QED) is 0.799. The largest absolute Gasteiger partial charge is 0.484 e. The molecule has 1 aromatic carbocycles. The molecule has 18 heavy (non-hydrogen) atoms. The number of amides is 1. The standard InChI is InChI=1S/C15H21NO2/c1-3-16(4-2)15(17)11-18-14-9-8-12-6-5-7-13(12)10-14/h8-10H,3-7,11H2,1-2H3. The molecule has 0 aromatic heterocycles. The SMILES string of the molecule is CCN(CC)C(=O)COc1ccc2c(c1)CCC2. The number of rotatable bonds is 5. The van der Waals surface area contributed by atoms with Crippen LogP contribution in [0.4, 0.5) is 0 Å². The van der Waals surface area contributed by atoms with Gasteiger partial charge in [0, 0.05) is 13.1 Å². The van der Waals surface area contributed by atoms with Gasteiger partial charge in [0.2, 0.25) is 0 Å². The van der Waals surface area contributed by atoms with E-state index in [1.165, 1.54) is 24.0 Å². The fraction of sp³-hybridized carbons (Fsp3) is 0.533. The summed E-state index contributed by atoms with van der Waals surface area (Å²) < 4.78 is 5.59. The maximum atomic E-state index is 11.8. The number of hydrogen-bond donors (Lipinski definition) is 0. The molecule has 1 aliphatic rings. The molecule has 0 atom stereocenters. The van der Waals surface area contributed by atoms with Gasteiger partial charge in [-0.1, -0.05) is 6.07 Å². The van der Waals surface area contributed by atoms with E-state index in [4.69, 9.17) is 4.74 Å². The Morgan fingerprint density at radius 3 is 2.67 bits per heavy atom. The van der Waals surface area contributed by atoms with Crippen LogP contribution in [-0.2, 0) is 17.6 Å². The number of aryl methyl sites for hydroxylation is 2. The Labute approximate surface area is 109 Å².